The topological polar surface area (TPSA) is 52.7 Å². The highest BCUT2D eigenvalue weighted by atomic mass is 79.9. The Morgan fingerprint density at radius 1 is 1.30 bits per heavy atom. The van der Waals surface area contributed by atoms with Crippen LogP contribution in [0, 0.1) is 0 Å². The Kier molecular flexibility index (Phi) is 5.84. The molecule has 4 nitrogen and oxygen atoms in total. The molecule has 5 heteroatoms. The largest absolute Gasteiger partial charge is 0.395 e. The Labute approximate surface area is 129 Å². The predicted octanol–water partition coefficient (Wildman–Crippen LogP) is 1.97. The summed E-state index contributed by atoms with van der Waals surface area (Å²) in [6.45, 7) is 7.13. The van der Waals surface area contributed by atoms with Crippen molar-refractivity contribution < 1.29 is 5.11 Å². The van der Waals surface area contributed by atoms with Crippen molar-refractivity contribution >= 4 is 21.6 Å². The molecule has 1 aromatic carbocycles. The summed E-state index contributed by atoms with van der Waals surface area (Å²) >= 11 is 3.67. The van der Waals surface area contributed by atoms with E-state index in [1.54, 1.807) is 0 Å². The van der Waals surface area contributed by atoms with Crippen molar-refractivity contribution in [2.75, 3.05) is 44.2 Å². The van der Waals surface area contributed by atoms with E-state index in [-0.39, 0.29) is 12.6 Å². The molecule has 0 spiro atoms. The molecule has 0 bridgehead atoms. The van der Waals surface area contributed by atoms with E-state index >= 15 is 0 Å². The normalized spacial score (nSPS) is 18.9. The van der Waals surface area contributed by atoms with Gasteiger partial charge in [-0.3, -0.25) is 4.90 Å². The van der Waals surface area contributed by atoms with Crippen LogP contribution in [0.2, 0.25) is 0 Å². The first-order valence-corrected chi connectivity index (χ1v) is 8.04. The minimum absolute atomic E-state index is 0.0597. The number of aliphatic hydroxyl groups excluding tert-OH is 1. The number of nitrogens with two attached hydrogens (primary N) is 1. The van der Waals surface area contributed by atoms with E-state index in [4.69, 9.17) is 10.8 Å². The highest BCUT2D eigenvalue weighted by Gasteiger charge is 2.17. The van der Waals surface area contributed by atoms with Crippen molar-refractivity contribution in [3.05, 3.63) is 28.2 Å². The molecule has 0 aliphatic carbocycles. The molecule has 1 heterocycles. The fourth-order valence-corrected chi connectivity index (χ4v) is 3.29. The molecule has 0 amide bonds. The summed E-state index contributed by atoms with van der Waals surface area (Å²) in [5, 5.41) is 9.05. The van der Waals surface area contributed by atoms with Crippen LogP contribution in [0.4, 0.5) is 5.69 Å². The lowest BCUT2D eigenvalue weighted by Gasteiger charge is -2.25. The summed E-state index contributed by atoms with van der Waals surface area (Å²) in [6.07, 6.45) is 1.13. The maximum atomic E-state index is 9.05. The van der Waals surface area contributed by atoms with Crippen molar-refractivity contribution in [2.45, 2.75) is 19.4 Å². The molecule has 1 aliphatic rings. The van der Waals surface area contributed by atoms with Gasteiger partial charge in [-0.15, -0.1) is 0 Å². The SMILES string of the molecule is CC(N)c1ccc(N2CCCN(CCO)CC2)c(Br)c1. The summed E-state index contributed by atoms with van der Waals surface area (Å²) in [6, 6.07) is 6.45. The number of β-amino-alcohol motifs (C(OH)–C–C–N with tert-alkyl or cyclic N) is 1. The van der Waals surface area contributed by atoms with Crippen LogP contribution < -0.4 is 10.6 Å². The van der Waals surface area contributed by atoms with Gasteiger partial charge in [-0.1, -0.05) is 6.07 Å². The Morgan fingerprint density at radius 2 is 2.10 bits per heavy atom. The third-order valence-electron chi connectivity index (χ3n) is 3.84. The van der Waals surface area contributed by atoms with Crippen LogP contribution in [-0.4, -0.2) is 49.3 Å². The molecule has 1 fully saturated rings. The molecule has 112 valence electrons. The smallest absolute Gasteiger partial charge is 0.0558 e. The van der Waals surface area contributed by atoms with Crippen LogP contribution in [0.15, 0.2) is 22.7 Å². The number of halogens is 1. The highest BCUT2D eigenvalue weighted by Crippen LogP contribution is 2.29. The molecule has 1 aromatic rings. The van der Waals surface area contributed by atoms with Gasteiger partial charge in [0.2, 0.25) is 0 Å². The third-order valence-corrected chi connectivity index (χ3v) is 4.48. The van der Waals surface area contributed by atoms with Crippen LogP contribution in [0.25, 0.3) is 0 Å². The monoisotopic (exact) mass is 341 g/mol. The summed E-state index contributed by atoms with van der Waals surface area (Å²) < 4.78 is 1.11. The first kappa shape index (κ1) is 15.8. The van der Waals surface area contributed by atoms with E-state index in [1.165, 1.54) is 5.69 Å². The van der Waals surface area contributed by atoms with Gasteiger partial charge < -0.3 is 15.7 Å². The number of anilines is 1. The van der Waals surface area contributed by atoms with E-state index in [0.29, 0.717) is 0 Å². The van der Waals surface area contributed by atoms with Gasteiger partial charge in [0.25, 0.3) is 0 Å². The fourth-order valence-electron chi connectivity index (χ4n) is 2.64. The Hall–Kier alpha value is -0.620. The highest BCUT2D eigenvalue weighted by molar-refractivity contribution is 9.10. The quantitative estimate of drug-likeness (QED) is 0.879. The number of hydrogen-bond acceptors (Lipinski definition) is 4. The second kappa shape index (κ2) is 7.41. The number of hydrogen-bond donors (Lipinski definition) is 2. The zero-order chi connectivity index (χ0) is 14.5. The molecule has 2 rings (SSSR count). The van der Waals surface area contributed by atoms with Crippen LogP contribution in [0.1, 0.15) is 24.9 Å². The molecule has 20 heavy (non-hydrogen) atoms. The lowest BCUT2D eigenvalue weighted by Crippen LogP contribution is -2.32. The standard InChI is InChI=1S/C15H24BrN3O/c1-12(17)13-3-4-15(14(16)11-13)19-6-2-5-18(7-8-19)9-10-20/h3-4,11-12,20H,2,5-10,17H2,1H3. The second-order valence-electron chi connectivity index (χ2n) is 5.41. The van der Waals surface area contributed by atoms with Crippen LogP contribution >= 0.6 is 15.9 Å². The first-order valence-electron chi connectivity index (χ1n) is 7.25. The van der Waals surface area contributed by atoms with Gasteiger partial charge in [0, 0.05) is 36.7 Å². The van der Waals surface area contributed by atoms with Crippen molar-refractivity contribution in [3.63, 3.8) is 0 Å². The molecule has 1 unspecified atom stereocenters. The maximum Gasteiger partial charge on any atom is 0.0558 e. The first-order chi connectivity index (χ1) is 9.61. The maximum absolute atomic E-state index is 9.05. The summed E-state index contributed by atoms with van der Waals surface area (Å²) in [4.78, 5) is 4.73. The molecule has 1 atom stereocenters. The Balaban J connectivity index is 2.07. The van der Waals surface area contributed by atoms with Crippen LogP contribution in [0.3, 0.4) is 0 Å². The molecule has 1 saturated heterocycles. The fraction of sp³-hybridized carbons (Fsp3) is 0.600. The van der Waals surface area contributed by atoms with Gasteiger partial charge in [0.05, 0.1) is 12.3 Å². The lowest BCUT2D eigenvalue weighted by atomic mass is 10.1. The third kappa shape index (κ3) is 3.95. The van der Waals surface area contributed by atoms with E-state index in [2.05, 4.69) is 43.9 Å². The van der Waals surface area contributed by atoms with Crippen molar-refractivity contribution in [2.24, 2.45) is 5.73 Å². The van der Waals surface area contributed by atoms with E-state index in [0.717, 1.165) is 49.2 Å². The molecule has 0 aromatic heterocycles. The second-order valence-corrected chi connectivity index (χ2v) is 6.26. The van der Waals surface area contributed by atoms with Crippen LogP contribution in [-0.2, 0) is 0 Å². The minimum atomic E-state index is 0.0597. The Bertz CT molecular complexity index is 439. The zero-order valence-corrected chi connectivity index (χ0v) is 13.6. The number of nitrogens with zero attached hydrogens (tertiary/aromatic N) is 2. The van der Waals surface area contributed by atoms with E-state index in [9.17, 15) is 0 Å². The van der Waals surface area contributed by atoms with Gasteiger partial charge in [-0.05, 0) is 53.5 Å². The molecule has 0 saturated carbocycles. The van der Waals surface area contributed by atoms with Gasteiger partial charge in [-0.25, -0.2) is 0 Å². The van der Waals surface area contributed by atoms with Gasteiger partial charge in [-0.2, -0.15) is 0 Å². The predicted molar refractivity (Wildman–Crippen MR) is 87.1 cm³/mol. The molecule has 3 N–H and O–H groups in total. The number of benzene rings is 1. The molecular weight excluding hydrogens is 318 g/mol. The summed E-state index contributed by atoms with van der Waals surface area (Å²) in [5.74, 6) is 0. The van der Waals surface area contributed by atoms with Gasteiger partial charge in [0.15, 0.2) is 0 Å². The average molecular weight is 342 g/mol. The molecular formula is C15H24BrN3O. The minimum Gasteiger partial charge on any atom is -0.395 e. The number of rotatable bonds is 4. The van der Waals surface area contributed by atoms with Gasteiger partial charge in [0.1, 0.15) is 0 Å². The van der Waals surface area contributed by atoms with Crippen molar-refractivity contribution in [3.8, 4) is 0 Å². The van der Waals surface area contributed by atoms with E-state index < -0.39 is 0 Å². The summed E-state index contributed by atoms with van der Waals surface area (Å²) in [7, 11) is 0. The average Bonchev–Trinajstić information content (AvgIpc) is 2.65. The lowest BCUT2D eigenvalue weighted by molar-refractivity contribution is 0.204. The zero-order valence-electron chi connectivity index (χ0n) is 12.1. The van der Waals surface area contributed by atoms with Crippen molar-refractivity contribution in [1.82, 2.24) is 4.90 Å². The number of aliphatic hydroxyl groups is 1. The summed E-state index contributed by atoms with van der Waals surface area (Å²) in [5.41, 5.74) is 8.31. The van der Waals surface area contributed by atoms with Crippen molar-refractivity contribution in [1.29, 1.82) is 0 Å². The Morgan fingerprint density at radius 3 is 2.75 bits per heavy atom. The van der Waals surface area contributed by atoms with Gasteiger partial charge >= 0.3 is 0 Å². The van der Waals surface area contributed by atoms with E-state index in [1.807, 2.05) is 6.92 Å². The van der Waals surface area contributed by atoms with Crippen LogP contribution in [0.5, 0.6) is 0 Å². The molecule has 0 radical (unpaired) electrons. The molecule has 1 aliphatic heterocycles.